The molecular weight excluding hydrogens is 2020 g/mol. The van der Waals surface area contributed by atoms with Crippen LogP contribution in [0.5, 0.6) is 0 Å². The van der Waals surface area contributed by atoms with Gasteiger partial charge in [-0.25, -0.2) is 19.2 Å². The lowest BCUT2D eigenvalue weighted by Crippen LogP contribution is -2.61. The van der Waals surface area contributed by atoms with Gasteiger partial charge in [0, 0.05) is 26.2 Å². The second-order valence-electron chi connectivity index (χ2n) is 32.8. The number of carbonyl (C=O) groups excluding carboxylic acids is 6. The Balaban J connectivity index is 1.55. The van der Waals surface area contributed by atoms with E-state index in [0.29, 0.717) is 24.9 Å². The highest BCUT2D eigenvalue weighted by atomic mass is 16.8. The lowest BCUT2D eigenvalue weighted by atomic mass is 9.98. The topological polar surface area (TPSA) is 1080 Å². The number of hydrogen-bond donors (Lipinski definition) is 35. The molecule has 0 aromatic heterocycles. The number of amides is 2. The van der Waals surface area contributed by atoms with Gasteiger partial charge in [-0.15, -0.1) is 0 Å². The van der Waals surface area contributed by atoms with E-state index in [1.165, 1.54) is 0 Å². The van der Waals surface area contributed by atoms with Crippen molar-refractivity contribution in [1.82, 2.24) is 24.5 Å². The molecule has 69 nitrogen and oxygen atoms in total. The molecule has 4 aliphatic rings. The van der Waals surface area contributed by atoms with Crippen LogP contribution in [0.25, 0.3) is 0 Å². The number of hydrogen-bond acceptors (Lipinski definition) is 64. The predicted molar refractivity (Wildman–Crippen MR) is 462 cm³/mol. The second-order valence-corrected chi connectivity index (χ2v) is 32.8. The summed E-state index contributed by atoms with van der Waals surface area (Å²) in [6.45, 7) is -26.0. The van der Waals surface area contributed by atoms with Gasteiger partial charge in [-0.3, -0.25) is 38.7 Å². The molecule has 0 bridgehead atoms. The van der Waals surface area contributed by atoms with Crippen molar-refractivity contribution in [2.24, 2.45) is 20.6 Å². The molecule has 35 N–H and O–H groups in total. The Kier molecular flexibility index (Phi) is 60.1. The maximum Gasteiger partial charge on any atom is 0.347 e. The summed E-state index contributed by atoms with van der Waals surface area (Å²) in [5, 5.41) is 371. The molecule has 0 aliphatic carbocycles. The average molecular weight is 2160 g/mol. The van der Waals surface area contributed by atoms with E-state index in [1.807, 2.05) is 0 Å². The smallest absolute Gasteiger partial charge is 0.347 e. The minimum atomic E-state index is -2.31. The third-order valence-electron chi connectivity index (χ3n) is 21.9. The molecule has 4 aliphatic heterocycles. The number of oxime groups is 4. The molecule has 0 saturated carbocycles. The average Bonchev–Trinajstić information content (AvgIpc) is 0.814. The summed E-state index contributed by atoms with van der Waals surface area (Å²) in [4.78, 5) is 142. The van der Waals surface area contributed by atoms with Gasteiger partial charge >= 0.3 is 41.8 Å². The quantitative estimate of drug-likeness (QED) is 0.0116. The van der Waals surface area contributed by atoms with Crippen LogP contribution in [0.1, 0.15) is 0 Å². The maximum atomic E-state index is 14.3. The van der Waals surface area contributed by atoms with Gasteiger partial charge in [0.2, 0.25) is 38.2 Å². The van der Waals surface area contributed by atoms with Crippen LogP contribution in [0, 0.1) is 0 Å². The summed E-state index contributed by atoms with van der Waals surface area (Å²) in [6, 6.07) is 0. The maximum absolute atomic E-state index is 14.3. The van der Waals surface area contributed by atoms with Crippen LogP contribution in [-0.4, -0.2) is 693 Å². The van der Waals surface area contributed by atoms with Gasteiger partial charge in [-0.05, 0) is 0 Å². The molecule has 147 heavy (non-hydrogen) atoms. The molecule has 69 heteroatoms. The van der Waals surface area contributed by atoms with Crippen LogP contribution in [0.4, 0.5) is 0 Å². The second kappa shape index (κ2) is 67.6. The van der Waals surface area contributed by atoms with Crippen LogP contribution < -0.4 is 0 Å². The van der Waals surface area contributed by atoms with Gasteiger partial charge in [-0.1, -0.05) is 20.6 Å². The Morgan fingerprint density at radius 2 is 0.469 bits per heavy atom. The monoisotopic (exact) mass is 2160 g/mol. The van der Waals surface area contributed by atoms with Crippen molar-refractivity contribution in [2.45, 2.75) is 220 Å². The van der Waals surface area contributed by atoms with Crippen molar-refractivity contribution < 1.29 is 298 Å². The van der Waals surface area contributed by atoms with Crippen molar-refractivity contribution in [2.75, 3.05) is 191 Å². The standard InChI is InChI=1S/C78H133N9O60/c88-22-38(100)71(144-75-67(128)63(124)59(120)42(26-92)140-75)55(116)34(96)13-79-136-30-51(112)132-9-5-86(6-10-133-52(113)31-137-80-14-35(97)56(117)72(39(101)23-89)145-76-68(129)64(125)60(121)43(27-93)141-76)46(104)17-84(20-49(108)109)3-1-83(19-48(106)107)2-4-85(21-50(110)111)18-47(105)87(7-11-134-53(114)32-138-81-15-36(98)57(118)73(40(102)24-90)146-77-69(130)65(126)61(122)44(28-94)142-77)8-12-135-54(115)33-139-82-16-37(99)58(119)74(41(103)25-91)147-78-70(131)66(127)62(123)45(29-95)143-78/h13-16,34-45,55-78,88-103,116-131H,1-12,17-33H2,(H,106,107)(H,108,109)(H,110,111)/b79-13-,80-14-,81-15+,82-16+/t34-,35-,36-,37-,38+,39+,40+,41+,42-,43-,44-,45-,55+,56+,57+,58+,59+,60+,61+,62+,63+,64+,65+,66+,67-,68-,69-,70-,71+,72+,73+,74+,75+,76+,77+,78+/m1/s1. The van der Waals surface area contributed by atoms with Crippen molar-refractivity contribution >= 4 is 78.5 Å². The van der Waals surface area contributed by atoms with E-state index in [2.05, 4.69) is 20.6 Å². The van der Waals surface area contributed by atoms with Crippen molar-refractivity contribution in [3.8, 4) is 0 Å². The van der Waals surface area contributed by atoms with E-state index in [-0.39, 0.29) is 0 Å². The number of carboxylic acid groups (broad SMARTS) is 3. The van der Waals surface area contributed by atoms with Crippen LogP contribution in [-0.2, 0) is 119 Å². The molecule has 850 valence electrons. The van der Waals surface area contributed by atoms with Gasteiger partial charge in [0.05, 0.1) is 137 Å². The number of aliphatic hydroxyl groups is 32. The first-order chi connectivity index (χ1) is 69.5. The molecule has 0 aromatic rings. The zero-order valence-electron chi connectivity index (χ0n) is 78.0. The summed E-state index contributed by atoms with van der Waals surface area (Å²) in [5.74, 6) is -12.2. The first-order valence-corrected chi connectivity index (χ1v) is 44.6. The summed E-state index contributed by atoms with van der Waals surface area (Å²) < 4.78 is 62.5. The van der Waals surface area contributed by atoms with E-state index in [4.69, 9.17) is 76.2 Å². The van der Waals surface area contributed by atoms with Gasteiger partial charge in [0.1, 0.15) is 222 Å². The van der Waals surface area contributed by atoms with E-state index in [9.17, 15) is 222 Å². The molecule has 0 unspecified atom stereocenters. The number of rotatable bonds is 72. The number of esters is 4. The number of aliphatic hydroxyl groups excluding tert-OH is 32. The fourth-order valence-electron chi connectivity index (χ4n) is 13.6. The van der Waals surface area contributed by atoms with E-state index in [0.717, 1.165) is 24.5 Å². The molecule has 4 heterocycles. The SMILES string of the molecule is O=C(O)CN(CCN(CC(=O)O)CC(=O)N(CCOC(=O)CO/N=C\[C@@H](O)[C@H](O)[C@@H](O[C@@H]1O[C@H](CO)[C@H](O)[C@H](O)[C@H]1O)[C@@H](O)CO)CCOC(=O)CO/N=C\[C@@H](O)[C@H](O)[C@@H](O[C@@H]1O[C@H](CO)[C@H](O)[C@H](O)[C@H]1O)[C@@H](O)CO)CCN(CC(=O)O)CC(=O)N(CCOC(=O)CO/N=C/[C@@H](O)[C@H](O)[C@@H](O[C@@H]1O[C@H](CO)[C@H](O)[C@H](O)[C@H]1O)[C@@H](O)CO)CCOC(=O)CO/N=C/[C@@H](O)[C@H](O)[C@@H](O[C@@H]1O[C@H](CO)[C@H](O)[C@H](O)[C@H]1O)[C@@H](O)CO. The van der Waals surface area contributed by atoms with E-state index >= 15 is 0 Å². The molecular formula is C78H133N9O60. The minimum absolute atomic E-state index is 0.422. The summed E-state index contributed by atoms with van der Waals surface area (Å²) >= 11 is 0. The van der Waals surface area contributed by atoms with E-state index < -0.39 is 465 Å². The van der Waals surface area contributed by atoms with Crippen LogP contribution in [0.2, 0.25) is 0 Å². The van der Waals surface area contributed by atoms with E-state index in [1.54, 1.807) is 0 Å². The van der Waals surface area contributed by atoms with Gasteiger partial charge in [0.25, 0.3) is 0 Å². The van der Waals surface area contributed by atoms with Crippen molar-refractivity contribution in [1.29, 1.82) is 0 Å². The fourth-order valence-corrected chi connectivity index (χ4v) is 13.6. The zero-order valence-corrected chi connectivity index (χ0v) is 78.0. The highest BCUT2D eigenvalue weighted by Crippen LogP contribution is 2.31. The number of nitrogens with zero attached hydrogens (tertiary/aromatic N) is 9. The number of ether oxygens (including phenoxy) is 12. The van der Waals surface area contributed by atoms with Gasteiger partial charge < -0.3 is 265 Å². The molecule has 0 spiro atoms. The van der Waals surface area contributed by atoms with Crippen molar-refractivity contribution in [3.63, 3.8) is 0 Å². The third-order valence-corrected chi connectivity index (χ3v) is 21.9. The number of aliphatic carboxylic acids is 3. The summed E-state index contributed by atoms with van der Waals surface area (Å²) in [6.07, 6.45) is -71.6. The third kappa shape index (κ3) is 43.2. The predicted octanol–water partition coefficient (Wildman–Crippen LogP) is -26.0. The van der Waals surface area contributed by atoms with Gasteiger partial charge in [-0.2, -0.15) is 0 Å². The highest BCUT2D eigenvalue weighted by Gasteiger charge is 2.52. The number of carboxylic acids is 3. The normalized spacial score (nSPS) is 27.9. The first kappa shape index (κ1) is 131. The Morgan fingerprint density at radius 1 is 0.272 bits per heavy atom. The largest absolute Gasteiger partial charge is 0.480 e. The Labute approximate surface area is 830 Å². The fraction of sp³-hybridized carbons (Fsp3) is 0.833. The molecule has 4 rings (SSSR count). The molecule has 4 fully saturated rings. The summed E-state index contributed by atoms with van der Waals surface area (Å²) in [7, 11) is 0. The van der Waals surface area contributed by atoms with Crippen LogP contribution in [0.3, 0.4) is 0 Å². The molecule has 2 amide bonds. The lowest BCUT2D eigenvalue weighted by Gasteiger charge is -2.42. The Bertz CT molecular complexity index is 3530. The molecule has 0 radical (unpaired) electrons. The number of carbonyl (C=O) groups is 9. The Hall–Kier alpha value is -8.61. The summed E-state index contributed by atoms with van der Waals surface area (Å²) in [5.41, 5.74) is 0. The lowest BCUT2D eigenvalue weighted by molar-refractivity contribution is -0.326. The molecule has 36 atom stereocenters. The first-order valence-electron chi connectivity index (χ1n) is 44.6. The van der Waals surface area contributed by atoms with Crippen molar-refractivity contribution in [3.05, 3.63) is 0 Å². The Morgan fingerprint density at radius 3 is 0.660 bits per heavy atom. The van der Waals surface area contributed by atoms with Gasteiger partial charge in [0.15, 0.2) is 25.2 Å². The minimum Gasteiger partial charge on any atom is -0.480 e. The van der Waals surface area contributed by atoms with Crippen LogP contribution in [0.15, 0.2) is 20.6 Å². The van der Waals surface area contributed by atoms with Crippen LogP contribution >= 0.6 is 0 Å². The molecule has 0 aromatic carbocycles. The molecule has 4 saturated heterocycles. The highest BCUT2D eigenvalue weighted by molar-refractivity contribution is 5.81. The zero-order chi connectivity index (χ0) is 110.